The molecule has 33 heavy (non-hydrogen) atoms. The van der Waals surface area contributed by atoms with Crippen LogP contribution in [0.4, 0.5) is 11.8 Å². The molecule has 2 rings (SSSR count). The van der Waals surface area contributed by atoms with E-state index in [-0.39, 0.29) is 42.4 Å². The van der Waals surface area contributed by atoms with Crippen LogP contribution in [0.25, 0.3) is 21.6 Å². The van der Waals surface area contributed by atoms with Gasteiger partial charge in [0.1, 0.15) is 12.4 Å². The highest BCUT2D eigenvalue weighted by Crippen LogP contribution is 2.52. The molecule has 184 valence electrons. The van der Waals surface area contributed by atoms with Crippen molar-refractivity contribution >= 4 is 30.5 Å². The van der Waals surface area contributed by atoms with Crippen molar-refractivity contribution in [2.75, 3.05) is 18.9 Å². The minimum absolute atomic E-state index is 0.00511. The molecule has 0 bridgehead atoms. The fraction of sp³-hybridized carbons (Fsp3) is 0.706. The Hall–Kier alpha value is -2.35. The summed E-state index contributed by atoms with van der Waals surface area (Å²) < 4.78 is 24.7. The van der Waals surface area contributed by atoms with Crippen molar-refractivity contribution in [1.82, 2.24) is 19.5 Å². The van der Waals surface area contributed by atoms with Gasteiger partial charge in [-0.05, 0) is 30.4 Å². The first-order valence-electron chi connectivity index (χ1n) is 10.2. The molecule has 0 saturated heterocycles. The van der Waals surface area contributed by atoms with Crippen LogP contribution in [0.3, 0.4) is 0 Å². The molecule has 0 aliphatic rings. The first-order chi connectivity index (χ1) is 15.5. The van der Waals surface area contributed by atoms with Crippen LogP contribution < -0.4 is 5.73 Å². The van der Waals surface area contributed by atoms with Gasteiger partial charge in [0.05, 0.1) is 18.8 Å². The third-order valence-electron chi connectivity index (χ3n) is 5.15. The largest absolute Gasteiger partial charge is 0.394 e. The van der Waals surface area contributed by atoms with Crippen LogP contribution >= 0.6 is 7.60 Å². The molecule has 2 aromatic rings. The lowest BCUT2D eigenvalue weighted by Gasteiger charge is -2.33. The molecule has 0 radical (unpaired) electrons. The van der Waals surface area contributed by atoms with Crippen molar-refractivity contribution < 1.29 is 34.0 Å². The second-order valence-corrected chi connectivity index (χ2v) is 9.42. The maximum absolute atomic E-state index is 12.3. The molecule has 0 aliphatic carbocycles. The summed E-state index contributed by atoms with van der Waals surface area (Å²) in [7, 11) is -4.30. The third kappa shape index (κ3) is 6.16. The second-order valence-electron chi connectivity index (χ2n) is 7.51. The predicted octanol–water partition coefficient (Wildman–Crippen LogP) is 1.71. The molecule has 0 aromatic carbocycles. The number of nitrogens with two attached hydrogens (primary N) is 1. The van der Waals surface area contributed by atoms with Crippen molar-refractivity contribution in [2.45, 2.75) is 63.8 Å². The summed E-state index contributed by atoms with van der Waals surface area (Å²) in [6, 6.07) is 0. The van der Waals surface area contributed by atoms with E-state index in [1.54, 1.807) is 20.8 Å². The topological polar surface area (TPSA) is 235 Å². The average Bonchev–Trinajstić information content (AvgIpc) is 3.14. The molecule has 3 unspecified atom stereocenters. The van der Waals surface area contributed by atoms with E-state index in [4.69, 9.17) is 20.5 Å². The number of azide groups is 1. The van der Waals surface area contributed by atoms with E-state index >= 15 is 0 Å². The van der Waals surface area contributed by atoms with Crippen LogP contribution in [0.5, 0.6) is 0 Å². The lowest BCUT2D eigenvalue weighted by molar-refractivity contribution is -0.106. The van der Waals surface area contributed by atoms with E-state index < -0.39 is 38.0 Å². The number of imidazole rings is 1. The monoisotopic (exact) mass is 488 g/mol. The fourth-order valence-corrected chi connectivity index (χ4v) is 4.43. The maximum Gasteiger partial charge on any atom is 0.356 e. The van der Waals surface area contributed by atoms with E-state index in [1.807, 2.05) is 0 Å². The summed E-state index contributed by atoms with van der Waals surface area (Å²) in [6.07, 6.45) is -1.20. The molecule has 5 atom stereocenters. The lowest BCUT2D eigenvalue weighted by atomic mass is 10.0. The highest BCUT2D eigenvalue weighted by molar-refractivity contribution is 7.53. The molecule has 0 aliphatic heterocycles. The van der Waals surface area contributed by atoms with Gasteiger partial charge in [0.25, 0.3) is 0 Å². The lowest BCUT2D eigenvalue weighted by Crippen LogP contribution is -2.34. The molecule has 0 saturated carbocycles. The van der Waals surface area contributed by atoms with Crippen LogP contribution in [0, 0.1) is 0 Å². The van der Waals surface area contributed by atoms with E-state index in [0.29, 0.717) is 6.42 Å². The summed E-state index contributed by atoms with van der Waals surface area (Å²) >= 11 is 0. The molecule has 0 spiro atoms. The van der Waals surface area contributed by atoms with Crippen LogP contribution in [-0.4, -0.2) is 70.5 Å². The summed E-state index contributed by atoms with van der Waals surface area (Å²) in [6.45, 7) is 4.05. The zero-order chi connectivity index (χ0) is 24.8. The van der Waals surface area contributed by atoms with Gasteiger partial charge in [-0.1, -0.05) is 13.8 Å². The van der Waals surface area contributed by atoms with Crippen molar-refractivity contribution in [3.63, 3.8) is 0 Å². The number of anilines is 1. The normalized spacial score (nSPS) is 18.2. The average molecular weight is 488 g/mol. The van der Waals surface area contributed by atoms with Crippen LogP contribution in [0.2, 0.25) is 0 Å². The van der Waals surface area contributed by atoms with Crippen molar-refractivity contribution in [1.29, 1.82) is 0 Å². The Morgan fingerprint density at radius 1 is 1.39 bits per heavy atom. The highest BCUT2D eigenvalue weighted by atomic mass is 31.2. The van der Waals surface area contributed by atoms with E-state index in [0.717, 1.165) is 6.33 Å². The molecule has 2 heterocycles. The Labute approximate surface area is 189 Å². The fourth-order valence-electron chi connectivity index (χ4n) is 3.00. The van der Waals surface area contributed by atoms with E-state index in [2.05, 4.69) is 25.0 Å². The van der Waals surface area contributed by atoms with Gasteiger partial charge in [-0.25, -0.2) is 15.0 Å². The summed E-state index contributed by atoms with van der Waals surface area (Å²) in [4.78, 5) is 24.7. The SMILES string of the molecule is CCC(O)P(=O)(O)OC(C)(CC)CCO[C@H]([C@H](O)CO)n1c(N=[N+]=[N-])nc2c(N)ncnc21. The molecule has 16 heteroatoms. The van der Waals surface area contributed by atoms with Gasteiger partial charge >= 0.3 is 7.60 Å². The van der Waals surface area contributed by atoms with Gasteiger partial charge < -0.3 is 35.2 Å². The Bertz CT molecular complexity index is 1050. The quantitative estimate of drug-likeness (QED) is 0.118. The zero-order valence-corrected chi connectivity index (χ0v) is 19.4. The molecule has 2 aromatic heterocycles. The molecule has 15 nitrogen and oxygen atoms in total. The number of aromatic nitrogens is 4. The highest BCUT2D eigenvalue weighted by Gasteiger charge is 2.38. The zero-order valence-electron chi connectivity index (χ0n) is 18.5. The minimum Gasteiger partial charge on any atom is -0.394 e. The number of hydrogen-bond acceptors (Lipinski definition) is 11. The number of aliphatic hydroxyl groups is 3. The summed E-state index contributed by atoms with van der Waals surface area (Å²) in [5.74, 6) is -1.75. The third-order valence-corrected chi connectivity index (χ3v) is 6.97. The van der Waals surface area contributed by atoms with Crippen molar-refractivity contribution in [2.24, 2.45) is 5.11 Å². The number of hydrogen-bond donors (Lipinski definition) is 5. The molecule has 6 N–H and O–H groups in total. The van der Waals surface area contributed by atoms with Gasteiger partial charge in [0.2, 0.25) is 5.95 Å². The standard InChI is InChI=1S/C17H29N8O7P/c1-4-11(28)33(29,30)32-17(3,5-2)6-7-31-15(10(27)8-26)25-14-12(13(18)20-9-21-14)22-16(25)23-24-19/h9-11,15,26-28H,4-8H2,1-3H3,(H,29,30)(H2,18,20,21)/t10-,11?,15-,17?/m1/s1. The summed E-state index contributed by atoms with van der Waals surface area (Å²) in [5, 5.41) is 33.2. The Balaban J connectivity index is 2.33. The smallest absolute Gasteiger partial charge is 0.356 e. The van der Waals surface area contributed by atoms with Gasteiger partial charge in [-0.2, -0.15) is 0 Å². The second kappa shape index (κ2) is 11.2. The number of aliphatic hydroxyl groups excluding tert-OH is 3. The number of fused-ring (bicyclic) bond motifs is 1. The molecular weight excluding hydrogens is 459 g/mol. The Kier molecular flexibility index (Phi) is 9.12. The number of nitrogen functional groups attached to an aromatic ring is 1. The van der Waals surface area contributed by atoms with Gasteiger partial charge in [-0.15, -0.1) is 0 Å². The van der Waals surface area contributed by atoms with Crippen LogP contribution in [0.15, 0.2) is 11.4 Å². The van der Waals surface area contributed by atoms with Gasteiger partial charge in [0, 0.05) is 11.3 Å². The maximum atomic E-state index is 12.3. The van der Waals surface area contributed by atoms with E-state index in [9.17, 15) is 24.8 Å². The van der Waals surface area contributed by atoms with Gasteiger partial charge in [0.15, 0.2) is 29.1 Å². The molecule has 0 fully saturated rings. The van der Waals surface area contributed by atoms with E-state index in [1.165, 1.54) is 4.57 Å². The molecular formula is C17H29N8O7P. The first-order valence-corrected chi connectivity index (χ1v) is 11.8. The first kappa shape index (κ1) is 26.9. The van der Waals surface area contributed by atoms with Gasteiger partial charge in [-0.3, -0.25) is 9.13 Å². The number of nitrogens with zero attached hydrogens (tertiary/aromatic N) is 7. The van der Waals surface area contributed by atoms with Crippen molar-refractivity contribution in [3.8, 4) is 0 Å². The summed E-state index contributed by atoms with van der Waals surface area (Å²) in [5.41, 5.74) is 13.8. The minimum atomic E-state index is -4.30. The van der Waals surface area contributed by atoms with Crippen LogP contribution in [-0.2, 0) is 13.8 Å². The molecule has 0 amide bonds. The van der Waals surface area contributed by atoms with Crippen molar-refractivity contribution in [3.05, 3.63) is 16.8 Å². The van der Waals surface area contributed by atoms with Crippen LogP contribution in [0.1, 0.15) is 46.3 Å². The number of rotatable bonds is 13. The Morgan fingerprint density at radius 3 is 2.67 bits per heavy atom. The predicted molar refractivity (Wildman–Crippen MR) is 117 cm³/mol. The Morgan fingerprint density at radius 2 is 2.09 bits per heavy atom. The number of ether oxygens (including phenoxy) is 1.